The smallest absolute Gasteiger partial charge is 0.326 e. The van der Waals surface area contributed by atoms with Gasteiger partial charge in [-0.25, -0.2) is 13.6 Å². The van der Waals surface area contributed by atoms with E-state index in [0.29, 0.717) is 0 Å². The third-order valence-electron chi connectivity index (χ3n) is 3.06. The molecule has 20 heavy (non-hydrogen) atoms. The van der Waals surface area contributed by atoms with E-state index in [-0.39, 0.29) is 11.5 Å². The molecule has 0 fully saturated rings. The molecule has 6 heteroatoms. The first kappa shape index (κ1) is 16.1. The summed E-state index contributed by atoms with van der Waals surface area (Å²) in [4.78, 5) is 23.0. The van der Waals surface area contributed by atoms with Crippen molar-refractivity contribution >= 4 is 11.9 Å². The predicted molar refractivity (Wildman–Crippen MR) is 69.2 cm³/mol. The number of hydrogen-bond donors (Lipinski definition) is 2. The number of carboxylic acids is 1. The second-order valence-electron chi connectivity index (χ2n) is 4.93. The molecule has 2 atom stereocenters. The van der Waals surface area contributed by atoms with Crippen molar-refractivity contribution in [3.63, 3.8) is 0 Å². The summed E-state index contributed by atoms with van der Waals surface area (Å²) in [7, 11) is 0. The van der Waals surface area contributed by atoms with Gasteiger partial charge >= 0.3 is 5.97 Å². The van der Waals surface area contributed by atoms with E-state index in [4.69, 9.17) is 5.11 Å². The summed E-state index contributed by atoms with van der Waals surface area (Å²) in [6.07, 6.45) is 0. The van der Waals surface area contributed by atoms with Crippen LogP contribution >= 0.6 is 0 Å². The van der Waals surface area contributed by atoms with Crippen molar-refractivity contribution in [1.82, 2.24) is 5.32 Å². The number of benzene rings is 1. The summed E-state index contributed by atoms with van der Waals surface area (Å²) in [5.41, 5.74) is -0.363. The number of carbonyl (C=O) groups excluding carboxylic acids is 1. The van der Waals surface area contributed by atoms with Crippen LogP contribution in [-0.2, 0) is 9.59 Å². The lowest BCUT2D eigenvalue weighted by Gasteiger charge is -2.21. The van der Waals surface area contributed by atoms with Crippen LogP contribution in [0.3, 0.4) is 0 Å². The van der Waals surface area contributed by atoms with Crippen molar-refractivity contribution in [2.45, 2.75) is 32.7 Å². The third-order valence-corrected chi connectivity index (χ3v) is 3.06. The lowest BCUT2D eigenvalue weighted by atomic mass is 9.97. The van der Waals surface area contributed by atoms with Gasteiger partial charge in [0.2, 0.25) is 5.91 Å². The Morgan fingerprint density at radius 3 is 2.05 bits per heavy atom. The second kappa shape index (κ2) is 6.45. The molecule has 0 radical (unpaired) electrons. The van der Waals surface area contributed by atoms with Crippen LogP contribution in [0.25, 0.3) is 0 Å². The van der Waals surface area contributed by atoms with Crippen molar-refractivity contribution in [2.24, 2.45) is 5.92 Å². The number of carbonyl (C=O) groups is 2. The highest BCUT2D eigenvalue weighted by Crippen LogP contribution is 2.22. The number of aliphatic carboxylic acids is 1. The van der Waals surface area contributed by atoms with E-state index in [2.05, 4.69) is 5.32 Å². The van der Waals surface area contributed by atoms with Crippen LogP contribution in [0.15, 0.2) is 18.2 Å². The number of amides is 1. The topological polar surface area (TPSA) is 66.4 Å². The summed E-state index contributed by atoms with van der Waals surface area (Å²) in [6.45, 7) is 4.59. The molecule has 1 aromatic carbocycles. The summed E-state index contributed by atoms with van der Waals surface area (Å²) < 4.78 is 27.2. The number of nitrogens with one attached hydrogen (secondary N) is 1. The Morgan fingerprint density at radius 1 is 1.15 bits per heavy atom. The van der Waals surface area contributed by atoms with E-state index < -0.39 is 35.5 Å². The van der Waals surface area contributed by atoms with Crippen molar-refractivity contribution in [3.8, 4) is 0 Å². The highest BCUT2D eigenvalue weighted by Gasteiger charge is 2.28. The fourth-order valence-electron chi connectivity index (χ4n) is 1.85. The minimum absolute atomic E-state index is 0.339. The quantitative estimate of drug-likeness (QED) is 0.872. The Kier molecular flexibility index (Phi) is 5.19. The Bertz CT molecular complexity index is 497. The van der Waals surface area contributed by atoms with Gasteiger partial charge in [0.1, 0.15) is 17.7 Å². The molecule has 1 rings (SSSR count). The van der Waals surface area contributed by atoms with Crippen LogP contribution in [0.5, 0.6) is 0 Å². The van der Waals surface area contributed by atoms with Gasteiger partial charge in [-0.3, -0.25) is 4.79 Å². The monoisotopic (exact) mass is 285 g/mol. The Hall–Kier alpha value is -1.98. The number of hydrogen-bond acceptors (Lipinski definition) is 2. The molecule has 0 aliphatic rings. The number of carboxylic acid groups (broad SMARTS) is 1. The zero-order valence-electron chi connectivity index (χ0n) is 11.5. The van der Waals surface area contributed by atoms with E-state index in [1.54, 1.807) is 13.8 Å². The third kappa shape index (κ3) is 3.53. The molecule has 2 N–H and O–H groups in total. The Labute approximate surface area is 115 Å². The van der Waals surface area contributed by atoms with E-state index in [9.17, 15) is 18.4 Å². The molecule has 110 valence electrons. The summed E-state index contributed by atoms with van der Waals surface area (Å²) in [5, 5.41) is 11.3. The first-order valence-electron chi connectivity index (χ1n) is 6.22. The first-order valence-corrected chi connectivity index (χ1v) is 6.22. The zero-order chi connectivity index (χ0) is 15.4. The minimum atomic E-state index is -1.19. The maximum Gasteiger partial charge on any atom is 0.326 e. The standard InChI is InChI=1S/C14H17F2NO3/c1-7(2)12(14(19)20)17-13(18)8(3)11-9(15)5-4-6-10(11)16/h4-8,12H,1-3H3,(H,17,18)(H,19,20)/t8?,12-/m0/s1. The SMILES string of the molecule is CC(C(=O)N[C@H](C(=O)O)C(C)C)c1c(F)cccc1F. The van der Waals surface area contributed by atoms with Crippen LogP contribution in [-0.4, -0.2) is 23.0 Å². The van der Waals surface area contributed by atoms with Crippen molar-refractivity contribution < 1.29 is 23.5 Å². The van der Waals surface area contributed by atoms with Gasteiger partial charge in [-0.2, -0.15) is 0 Å². The lowest BCUT2D eigenvalue weighted by Crippen LogP contribution is -2.46. The molecule has 0 aromatic heterocycles. The Morgan fingerprint density at radius 2 is 1.65 bits per heavy atom. The molecule has 1 unspecified atom stereocenters. The molecule has 0 spiro atoms. The van der Waals surface area contributed by atoms with E-state index in [1.165, 1.54) is 13.0 Å². The molecule has 1 amide bonds. The van der Waals surface area contributed by atoms with Gasteiger partial charge in [-0.1, -0.05) is 19.9 Å². The van der Waals surface area contributed by atoms with Crippen LogP contribution in [0.1, 0.15) is 32.3 Å². The van der Waals surface area contributed by atoms with E-state index in [0.717, 1.165) is 12.1 Å². The van der Waals surface area contributed by atoms with Crippen LogP contribution in [0.2, 0.25) is 0 Å². The van der Waals surface area contributed by atoms with Gasteiger partial charge in [-0.15, -0.1) is 0 Å². The maximum absolute atomic E-state index is 13.6. The molecule has 0 saturated carbocycles. The van der Waals surface area contributed by atoms with E-state index in [1.807, 2.05) is 0 Å². The normalized spacial score (nSPS) is 13.9. The second-order valence-corrected chi connectivity index (χ2v) is 4.93. The van der Waals surface area contributed by atoms with Gasteiger partial charge in [0.25, 0.3) is 0 Å². The number of halogens is 2. The lowest BCUT2D eigenvalue weighted by molar-refractivity contribution is -0.143. The van der Waals surface area contributed by atoms with E-state index >= 15 is 0 Å². The molecule has 0 heterocycles. The van der Waals surface area contributed by atoms with Crippen molar-refractivity contribution in [1.29, 1.82) is 0 Å². The minimum Gasteiger partial charge on any atom is -0.480 e. The van der Waals surface area contributed by atoms with Crippen LogP contribution in [0.4, 0.5) is 8.78 Å². The molecular formula is C14H17F2NO3. The summed E-state index contributed by atoms with van der Waals surface area (Å²) >= 11 is 0. The molecule has 0 aliphatic carbocycles. The molecule has 0 bridgehead atoms. The highest BCUT2D eigenvalue weighted by atomic mass is 19.1. The number of rotatable bonds is 5. The zero-order valence-corrected chi connectivity index (χ0v) is 11.5. The molecule has 4 nitrogen and oxygen atoms in total. The molecule has 0 saturated heterocycles. The fourth-order valence-corrected chi connectivity index (χ4v) is 1.85. The molecule has 0 aliphatic heterocycles. The van der Waals surface area contributed by atoms with Crippen molar-refractivity contribution in [2.75, 3.05) is 0 Å². The van der Waals surface area contributed by atoms with Crippen LogP contribution in [0, 0.1) is 17.6 Å². The maximum atomic E-state index is 13.6. The average molecular weight is 285 g/mol. The molecule has 1 aromatic rings. The summed E-state index contributed by atoms with van der Waals surface area (Å²) in [5.74, 6) is -5.02. The van der Waals surface area contributed by atoms with Gasteiger partial charge < -0.3 is 10.4 Å². The van der Waals surface area contributed by atoms with Gasteiger partial charge in [0.15, 0.2) is 0 Å². The van der Waals surface area contributed by atoms with Crippen molar-refractivity contribution in [3.05, 3.63) is 35.4 Å². The van der Waals surface area contributed by atoms with Crippen LogP contribution < -0.4 is 5.32 Å². The van der Waals surface area contributed by atoms with Gasteiger partial charge in [0, 0.05) is 5.56 Å². The average Bonchev–Trinajstić information content (AvgIpc) is 2.34. The fraction of sp³-hybridized carbons (Fsp3) is 0.429. The van der Waals surface area contributed by atoms with Gasteiger partial charge in [0.05, 0.1) is 5.92 Å². The largest absolute Gasteiger partial charge is 0.480 e. The van der Waals surface area contributed by atoms with Gasteiger partial charge in [-0.05, 0) is 25.0 Å². The molecular weight excluding hydrogens is 268 g/mol. The summed E-state index contributed by atoms with van der Waals surface area (Å²) in [6, 6.07) is 2.21. The Balaban J connectivity index is 2.95. The predicted octanol–water partition coefficient (Wildman–Crippen LogP) is 2.29. The first-order chi connectivity index (χ1) is 9.25. The highest BCUT2D eigenvalue weighted by molar-refractivity contribution is 5.88.